The summed E-state index contributed by atoms with van der Waals surface area (Å²) in [6.07, 6.45) is 0.877. The summed E-state index contributed by atoms with van der Waals surface area (Å²) in [6.45, 7) is 6.11. The average molecular weight is 232 g/mol. The lowest BCUT2D eigenvalue weighted by Gasteiger charge is -2.25. The first kappa shape index (κ1) is 15.3. The average Bonchev–Trinajstić information content (AvgIpc) is 2.29. The Labute approximate surface area is 97.6 Å². The molecule has 3 N–H and O–H groups in total. The van der Waals surface area contributed by atoms with Crippen molar-refractivity contribution >= 4 is 5.91 Å². The van der Waals surface area contributed by atoms with Crippen LogP contribution in [0.15, 0.2) is 0 Å². The van der Waals surface area contributed by atoms with Crippen LogP contribution in [0.3, 0.4) is 0 Å². The summed E-state index contributed by atoms with van der Waals surface area (Å²) in [6, 6.07) is 0. The molecule has 0 aromatic heterocycles. The van der Waals surface area contributed by atoms with Gasteiger partial charge in [0.15, 0.2) is 0 Å². The highest BCUT2D eigenvalue weighted by Crippen LogP contribution is 2.17. The van der Waals surface area contributed by atoms with Gasteiger partial charge in [-0.15, -0.1) is 0 Å². The zero-order chi connectivity index (χ0) is 12.4. The molecule has 0 fully saturated rings. The van der Waals surface area contributed by atoms with Gasteiger partial charge in [-0.25, -0.2) is 0 Å². The van der Waals surface area contributed by atoms with Crippen molar-refractivity contribution in [1.82, 2.24) is 10.6 Å². The van der Waals surface area contributed by atoms with E-state index in [0.29, 0.717) is 19.7 Å². The minimum absolute atomic E-state index is 0.0477. The number of nitrogens with one attached hydrogen (secondary N) is 2. The molecule has 0 bridgehead atoms. The highest BCUT2D eigenvalue weighted by atomic mass is 16.5. The molecule has 0 saturated carbocycles. The maximum absolute atomic E-state index is 11.3. The largest absolute Gasteiger partial charge is 0.396 e. The molecule has 0 heterocycles. The van der Waals surface area contributed by atoms with Gasteiger partial charge in [0.25, 0.3) is 0 Å². The molecule has 5 nitrogen and oxygen atoms in total. The molecule has 0 rings (SSSR count). The van der Waals surface area contributed by atoms with Crippen LogP contribution < -0.4 is 10.6 Å². The van der Waals surface area contributed by atoms with Gasteiger partial charge in [0.2, 0.25) is 5.91 Å². The molecule has 1 unspecified atom stereocenters. The van der Waals surface area contributed by atoms with Crippen LogP contribution in [0.2, 0.25) is 0 Å². The smallest absolute Gasteiger partial charge is 0.234 e. The van der Waals surface area contributed by atoms with Gasteiger partial charge < -0.3 is 20.5 Å². The maximum Gasteiger partial charge on any atom is 0.234 e. The van der Waals surface area contributed by atoms with Crippen LogP contribution in [0, 0.1) is 5.41 Å². The van der Waals surface area contributed by atoms with Gasteiger partial charge in [0.1, 0.15) is 0 Å². The van der Waals surface area contributed by atoms with Crippen LogP contribution in [0.5, 0.6) is 0 Å². The van der Waals surface area contributed by atoms with Crippen molar-refractivity contribution in [1.29, 1.82) is 0 Å². The Bertz CT molecular complexity index is 194. The van der Waals surface area contributed by atoms with Gasteiger partial charge in [0, 0.05) is 32.2 Å². The van der Waals surface area contributed by atoms with Crippen molar-refractivity contribution in [2.75, 3.05) is 40.0 Å². The molecule has 0 aromatic carbocycles. The third kappa shape index (κ3) is 6.76. The van der Waals surface area contributed by atoms with Crippen molar-refractivity contribution in [2.24, 2.45) is 5.41 Å². The van der Waals surface area contributed by atoms with E-state index in [1.165, 1.54) is 0 Å². The van der Waals surface area contributed by atoms with E-state index < -0.39 is 0 Å². The molecular formula is C11H24N2O3. The molecule has 16 heavy (non-hydrogen) atoms. The molecule has 0 aliphatic heterocycles. The first-order chi connectivity index (χ1) is 7.58. The van der Waals surface area contributed by atoms with E-state index in [9.17, 15) is 4.79 Å². The highest BCUT2D eigenvalue weighted by Gasteiger charge is 2.20. The monoisotopic (exact) mass is 232 g/mol. The first-order valence-electron chi connectivity index (χ1n) is 5.65. The normalized spacial score (nSPS) is 14.5. The van der Waals surface area contributed by atoms with Crippen LogP contribution in [0.25, 0.3) is 0 Å². The van der Waals surface area contributed by atoms with Gasteiger partial charge in [-0.3, -0.25) is 4.79 Å². The third-order valence-corrected chi connectivity index (χ3v) is 2.70. The Hall–Kier alpha value is -0.650. The van der Waals surface area contributed by atoms with E-state index in [0.717, 1.165) is 6.42 Å². The quantitative estimate of drug-likeness (QED) is 0.479. The predicted octanol–water partition coefficient (Wildman–Crippen LogP) is -0.253. The topological polar surface area (TPSA) is 70.6 Å². The number of ether oxygens (including phenoxy) is 1. The van der Waals surface area contributed by atoms with Crippen LogP contribution in [-0.2, 0) is 9.53 Å². The Morgan fingerprint density at radius 2 is 2.19 bits per heavy atom. The summed E-state index contributed by atoms with van der Waals surface area (Å²) in [7, 11) is 1.60. The van der Waals surface area contributed by atoms with E-state index in [1.54, 1.807) is 7.11 Å². The second-order valence-electron chi connectivity index (χ2n) is 4.27. The first-order valence-corrected chi connectivity index (χ1v) is 5.65. The molecule has 0 aliphatic rings. The third-order valence-electron chi connectivity index (χ3n) is 2.70. The predicted molar refractivity (Wildman–Crippen MR) is 63.2 cm³/mol. The Kier molecular flexibility index (Phi) is 8.15. The van der Waals surface area contributed by atoms with Gasteiger partial charge in [-0.05, 0) is 6.42 Å². The highest BCUT2D eigenvalue weighted by molar-refractivity contribution is 5.77. The van der Waals surface area contributed by atoms with Crippen LogP contribution >= 0.6 is 0 Å². The van der Waals surface area contributed by atoms with E-state index >= 15 is 0 Å². The molecule has 5 heteroatoms. The van der Waals surface area contributed by atoms with Crippen molar-refractivity contribution < 1.29 is 14.6 Å². The minimum atomic E-state index is -0.146. The second kappa shape index (κ2) is 8.50. The number of methoxy groups -OCH3 is 1. The Morgan fingerprint density at radius 3 is 2.69 bits per heavy atom. The summed E-state index contributed by atoms with van der Waals surface area (Å²) in [4.78, 5) is 11.3. The van der Waals surface area contributed by atoms with Crippen molar-refractivity contribution in [3.8, 4) is 0 Å². The molecule has 0 aliphatic carbocycles. The van der Waals surface area contributed by atoms with Gasteiger partial charge in [-0.2, -0.15) is 0 Å². The Balaban J connectivity index is 3.60. The fraction of sp³-hybridized carbons (Fsp3) is 0.909. The van der Waals surface area contributed by atoms with Gasteiger partial charge in [-0.1, -0.05) is 13.8 Å². The molecule has 0 aromatic rings. The number of rotatable bonds is 9. The summed E-state index contributed by atoms with van der Waals surface area (Å²) in [5.41, 5.74) is -0.146. The van der Waals surface area contributed by atoms with Gasteiger partial charge in [0.05, 0.1) is 13.2 Å². The number of hydrogen-bond acceptors (Lipinski definition) is 4. The molecule has 0 spiro atoms. The number of aliphatic hydroxyl groups is 1. The van der Waals surface area contributed by atoms with E-state index in [2.05, 4.69) is 10.6 Å². The lowest BCUT2D eigenvalue weighted by molar-refractivity contribution is -0.120. The van der Waals surface area contributed by atoms with E-state index in [4.69, 9.17) is 9.84 Å². The van der Waals surface area contributed by atoms with Crippen molar-refractivity contribution in [2.45, 2.75) is 20.3 Å². The zero-order valence-electron chi connectivity index (χ0n) is 10.5. The lowest BCUT2D eigenvalue weighted by atomic mass is 9.89. The maximum atomic E-state index is 11.3. The summed E-state index contributed by atoms with van der Waals surface area (Å²) in [5.74, 6) is -0.0477. The number of carbonyl (C=O) groups excluding carboxylic acids is 1. The molecule has 0 saturated heterocycles. The molecular weight excluding hydrogens is 208 g/mol. The number of amides is 1. The fourth-order valence-electron chi connectivity index (χ4n) is 1.13. The molecule has 1 atom stereocenters. The lowest BCUT2D eigenvalue weighted by Crippen LogP contribution is -2.41. The summed E-state index contributed by atoms with van der Waals surface area (Å²) < 4.78 is 4.82. The second-order valence-corrected chi connectivity index (χ2v) is 4.27. The van der Waals surface area contributed by atoms with Crippen LogP contribution in [0.4, 0.5) is 0 Å². The number of carbonyl (C=O) groups is 1. The van der Waals surface area contributed by atoms with Crippen molar-refractivity contribution in [3.63, 3.8) is 0 Å². The van der Waals surface area contributed by atoms with Crippen molar-refractivity contribution in [3.05, 3.63) is 0 Å². The summed E-state index contributed by atoms with van der Waals surface area (Å²) in [5, 5.41) is 14.9. The zero-order valence-corrected chi connectivity index (χ0v) is 10.5. The van der Waals surface area contributed by atoms with Crippen LogP contribution in [0.1, 0.15) is 20.3 Å². The number of hydrogen-bond donors (Lipinski definition) is 3. The summed E-state index contributed by atoms with van der Waals surface area (Å²) >= 11 is 0. The molecule has 0 radical (unpaired) electrons. The fourth-order valence-corrected chi connectivity index (χ4v) is 1.13. The van der Waals surface area contributed by atoms with Gasteiger partial charge >= 0.3 is 0 Å². The standard InChI is InChI=1S/C11H24N2O3/c1-4-11(2,9-14)8-12-7-10(15)13-5-6-16-3/h12,14H,4-9H2,1-3H3,(H,13,15). The van der Waals surface area contributed by atoms with Crippen LogP contribution in [-0.4, -0.2) is 51.0 Å². The molecule has 96 valence electrons. The van der Waals surface area contributed by atoms with E-state index in [-0.39, 0.29) is 24.5 Å². The number of aliphatic hydroxyl groups excluding tert-OH is 1. The van der Waals surface area contributed by atoms with E-state index in [1.807, 2.05) is 13.8 Å². The minimum Gasteiger partial charge on any atom is -0.396 e. The SMILES string of the molecule is CCC(C)(CO)CNCC(=O)NCCOC. The molecule has 1 amide bonds. The Morgan fingerprint density at radius 1 is 1.50 bits per heavy atom.